The average molecular weight is 250 g/mol. The van der Waals surface area contributed by atoms with Gasteiger partial charge >= 0.3 is 6.18 Å². The largest absolute Gasteiger partial charge is 0.393 e. The maximum absolute atomic E-state index is 12.7. The van der Waals surface area contributed by atoms with Gasteiger partial charge in [0.25, 0.3) is 0 Å². The summed E-state index contributed by atoms with van der Waals surface area (Å²) in [5.74, 6) is -2.87. The second kappa shape index (κ2) is 5.36. The second-order valence-electron chi connectivity index (χ2n) is 4.00. The Bertz CT molecular complexity index is 324. The van der Waals surface area contributed by atoms with E-state index in [1.165, 1.54) is 7.11 Å². The molecule has 17 heavy (non-hydrogen) atoms. The standard InChI is InChI=1S/C10H13F3N2O2/c1-17-6-7-4-15(9(16)2-3-14)5-8(7)10(11,12)13/h7-8H,2,4-6H2,1H3. The molecule has 1 amide bonds. The van der Waals surface area contributed by atoms with E-state index in [-0.39, 0.29) is 26.1 Å². The molecule has 0 saturated carbocycles. The van der Waals surface area contributed by atoms with E-state index in [1.54, 1.807) is 6.07 Å². The van der Waals surface area contributed by atoms with Gasteiger partial charge in [-0.05, 0) is 0 Å². The van der Waals surface area contributed by atoms with Crippen LogP contribution in [0, 0.1) is 23.2 Å². The third kappa shape index (κ3) is 3.33. The number of carbonyl (C=O) groups is 1. The quantitative estimate of drug-likeness (QED) is 0.755. The van der Waals surface area contributed by atoms with Crippen LogP contribution in [-0.4, -0.2) is 43.8 Å². The zero-order valence-corrected chi connectivity index (χ0v) is 9.33. The normalized spacial score (nSPS) is 24.8. The molecule has 0 spiro atoms. The van der Waals surface area contributed by atoms with Gasteiger partial charge in [0.05, 0.1) is 18.6 Å². The smallest absolute Gasteiger partial charge is 0.384 e. The van der Waals surface area contributed by atoms with Gasteiger partial charge in [-0.3, -0.25) is 4.79 Å². The minimum atomic E-state index is -4.34. The lowest BCUT2D eigenvalue weighted by molar-refractivity contribution is -0.183. The maximum Gasteiger partial charge on any atom is 0.393 e. The predicted molar refractivity (Wildman–Crippen MR) is 51.7 cm³/mol. The Morgan fingerprint density at radius 2 is 2.18 bits per heavy atom. The number of nitriles is 1. The second-order valence-corrected chi connectivity index (χ2v) is 4.00. The van der Waals surface area contributed by atoms with Crippen molar-refractivity contribution < 1.29 is 22.7 Å². The molecule has 1 aliphatic heterocycles. The molecule has 1 fully saturated rings. The number of alkyl halides is 3. The van der Waals surface area contributed by atoms with Gasteiger partial charge in [-0.15, -0.1) is 0 Å². The third-order valence-electron chi connectivity index (χ3n) is 2.83. The van der Waals surface area contributed by atoms with Gasteiger partial charge in [0.1, 0.15) is 6.42 Å². The molecule has 0 bridgehead atoms. The van der Waals surface area contributed by atoms with Crippen LogP contribution in [0.3, 0.4) is 0 Å². The van der Waals surface area contributed by atoms with Crippen LogP contribution in [0.4, 0.5) is 13.2 Å². The van der Waals surface area contributed by atoms with Gasteiger partial charge in [-0.2, -0.15) is 18.4 Å². The fraction of sp³-hybridized carbons (Fsp3) is 0.800. The van der Waals surface area contributed by atoms with Gasteiger partial charge < -0.3 is 9.64 Å². The number of hydrogen-bond donors (Lipinski definition) is 0. The molecule has 1 heterocycles. The van der Waals surface area contributed by atoms with Gasteiger partial charge in [0.15, 0.2) is 0 Å². The van der Waals surface area contributed by atoms with Crippen molar-refractivity contribution in [2.45, 2.75) is 12.6 Å². The number of carbonyl (C=O) groups excluding carboxylic acids is 1. The van der Waals surface area contributed by atoms with Crippen molar-refractivity contribution in [2.24, 2.45) is 11.8 Å². The first kappa shape index (κ1) is 13.8. The Balaban J connectivity index is 2.72. The average Bonchev–Trinajstić information content (AvgIpc) is 2.62. The number of methoxy groups -OCH3 is 1. The van der Waals surface area contributed by atoms with E-state index in [0.717, 1.165) is 4.90 Å². The summed E-state index contributed by atoms with van der Waals surface area (Å²) in [6.45, 7) is -0.420. The fourth-order valence-electron chi connectivity index (χ4n) is 2.01. The van der Waals surface area contributed by atoms with Crippen LogP contribution in [0.25, 0.3) is 0 Å². The molecule has 0 aromatic rings. The predicted octanol–water partition coefficient (Wildman–Crippen LogP) is 1.18. The van der Waals surface area contributed by atoms with Crippen molar-refractivity contribution in [1.29, 1.82) is 5.26 Å². The number of amides is 1. The molecule has 0 radical (unpaired) electrons. The summed E-state index contributed by atoms with van der Waals surface area (Å²) in [6.07, 6.45) is -4.73. The summed E-state index contributed by atoms with van der Waals surface area (Å²) in [5.41, 5.74) is 0. The van der Waals surface area contributed by atoms with E-state index in [9.17, 15) is 18.0 Å². The topological polar surface area (TPSA) is 53.3 Å². The van der Waals surface area contributed by atoms with E-state index < -0.39 is 23.9 Å². The summed E-state index contributed by atoms with van der Waals surface area (Å²) in [5, 5.41) is 8.35. The van der Waals surface area contributed by atoms with E-state index in [2.05, 4.69) is 0 Å². The molecule has 0 aromatic heterocycles. The lowest BCUT2D eigenvalue weighted by Crippen LogP contribution is -2.32. The third-order valence-corrected chi connectivity index (χ3v) is 2.83. The minimum Gasteiger partial charge on any atom is -0.384 e. The summed E-state index contributed by atoms with van der Waals surface area (Å²) in [4.78, 5) is 12.5. The van der Waals surface area contributed by atoms with Crippen LogP contribution in [0.1, 0.15) is 6.42 Å². The van der Waals surface area contributed by atoms with Crippen LogP contribution >= 0.6 is 0 Å². The Hall–Kier alpha value is -1.29. The molecule has 2 unspecified atom stereocenters. The van der Waals surface area contributed by atoms with Crippen molar-refractivity contribution in [3.63, 3.8) is 0 Å². The molecule has 0 N–H and O–H groups in total. The molecule has 0 aromatic carbocycles. The molecule has 1 aliphatic rings. The number of hydrogen-bond acceptors (Lipinski definition) is 3. The molecule has 2 atom stereocenters. The lowest BCUT2D eigenvalue weighted by atomic mass is 9.96. The zero-order chi connectivity index (χ0) is 13.1. The van der Waals surface area contributed by atoms with Crippen molar-refractivity contribution in [2.75, 3.05) is 26.8 Å². The first-order valence-electron chi connectivity index (χ1n) is 5.10. The van der Waals surface area contributed by atoms with Crippen LogP contribution in [0.5, 0.6) is 0 Å². The summed E-state index contributed by atoms with van der Waals surface area (Å²) in [6, 6.07) is 1.64. The van der Waals surface area contributed by atoms with Crippen molar-refractivity contribution in [3.05, 3.63) is 0 Å². The molecule has 96 valence electrons. The van der Waals surface area contributed by atoms with E-state index >= 15 is 0 Å². The van der Waals surface area contributed by atoms with Crippen molar-refractivity contribution >= 4 is 5.91 Å². The molecule has 7 heteroatoms. The van der Waals surface area contributed by atoms with Gasteiger partial charge in [-0.1, -0.05) is 0 Å². The van der Waals surface area contributed by atoms with Crippen LogP contribution < -0.4 is 0 Å². The van der Waals surface area contributed by atoms with Crippen molar-refractivity contribution in [3.8, 4) is 6.07 Å². The fourth-order valence-corrected chi connectivity index (χ4v) is 2.01. The number of nitrogens with zero attached hydrogens (tertiary/aromatic N) is 2. The highest BCUT2D eigenvalue weighted by Crippen LogP contribution is 2.37. The highest BCUT2D eigenvalue weighted by atomic mass is 19.4. The molecule has 1 rings (SSSR count). The SMILES string of the molecule is COCC1CN(C(=O)CC#N)CC1C(F)(F)F. The van der Waals surface area contributed by atoms with E-state index in [1.807, 2.05) is 0 Å². The lowest BCUT2D eigenvalue weighted by Gasteiger charge is -2.19. The van der Waals surface area contributed by atoms with Crippen LogP contribution in [0.15, 0.2) is 0 Å². The molecule has 4 nitrogen and oxygen atoms in total. The Morgan fingerprint density at radius 3 is 2.65 bits per heavy atom. The summed E-state index contributed by atoms with van der Waals surface area (Å²) < 4.78 is 42.8. The Kier molecular flexibility index (Phi) is 4.34. The molecular formula is C10H13F3N2O2. The van der Waals surface area contributed by atoms with Crippen LogP contribution in [0.2, 0.25) is 0 Å². The number of likely N-dealkylation sites (tertiary alicyclic amines) is 1. The van der Waals surface area contributed by atoms with Crippen molar-refractivity contribution in [1.82, 2.24) is 4.90 Å². The number of halogens is 3. The van der Waals surface area contributed by atoms with Crippen LogP contribution in [-0.2, 0) is 9.53 Å². The summed E-state index contributed by atoms with van der Waals surface area (Å²) >= 11 is 0. The van der Waals surface area contributed by atoms with E-state index in [0.29, 0.717) is 0 Å². The Labute approximate surface area is 96.9 Å². The van der Waals surface area contributed by atoms with E-state index in [4.69, 9.17) is 10.00 Å². The van der Waals surface area contributed by atoms with Gasteiger partial charge in [0.2, 0.25) is 5.91 Å². The summed E-state index contributed by atoms with van der Waals surface area (Å²) in [7, 11) is 1.33. The zero-order valence-electron chi connectivity index (χ0n) is 9.33. The highest BCUT2D eigenvalue weighted by Gasteiger charge is 2.50. The number of rotatable bonds is 3. The molecule has 0 aliphatic carbocycles. The number of ether oxygens (including phenoxy) is 1. The molecular weight excluding hydrogens is 237 g/mol. The first-order valence-corrected chi connectivity index (χ1v) is 5.10. The first-order chi connectivity index (χ1) is 7.90. The minimum absolute atomic E-state index is 0.00146. The monoisotopic (exact) mass is 250 g/mol. The Morgan fingerprint density at radius 1 is 1.53 bits per heavy atom. The maximum atomic E-state index is 12.7. The molecule has 1 saturated heterocycles. The van der Waals surface area contributed by atoms with Gasteiger partial charge in [-0.25, -0.2) is 0 Å². The highest BCUT2D eigenvalue weighted by molar-refractivity contribution is 5.78. The van der Waals surface area contributed by atoms with Gasteiger partial charge in [0, 0.05) is 26.1 Å².